The second-order valence-electron chi connectivity index (χ2n) is 4.82. The van der Waals surface area contributed by atoms with Crippen molar-refractivity contribution in [3.63, 3.8) is 0 Å². The molecule has 1 aliphatic heterocycles. The summed E-state index contributed by atoms with van der Waals surface area (Å²) in [5.74, 6) is -0.787. The minimum absolute atomic E-state index is 0.0950. The Kier molecular flexibility index (Phi) is 3.91. The van der Waals surface area contributed by atoms with E-state index in [1.54, 1.807) is 4.90 Å². The third-order valence-electron chi connectivity index (χ3n) is 3.31. The van der Waals surface area contributed by atoms with E-state index in [2.05, 4.69) is 9.88 Å². The summed E-state index contributed by atoms with van der Waals surface area (Å²) in [6.45, 7) is 4.45. The van der Waals surface area contributed by atoms with Gasteiger partial charge in [-0.3, -0.25) is 9.78 Å². The van der Waals surface area contributed by atoms with Crippen molar-refractivity contribution in [2.24, 2.45) is 0 Å². The molecule has 1 amide bonds. The molecule has 0 spiro atoms. The Labute approximate surface area is 106 Å². The van der Waals surface area contributed by atoms with E-state index in [1.807, 2.05) is 14.0 Å². The predicted octanol–water partition coefficient (Wildman–Crippen LogP) is 1.39. The second kappa shape index (κ2) is 5.44. The maximum Gasteiger partial charge on any atom is 0.257 e. The van der Waals surface area contributed by atoms with E-state index in [0.717, 1.165) is 25.7 Å². The zero-order valence-corrected chi connectivity index (χ0v) is 10.8. The SMILES string of the molecule is CC1CN(C)CCCN1C(=O)c1ccncc1F. The van der Waals surface area contributed by atoms with Crippen LogP contribution in [0.4, 0.5) is 4.39 Å². The topological polar surface area (TPSA) is 36.4 Å². The third kappa shape index (κ3) is 2.67. The van der Waals surface area contributed by atoms with Gasteiger partial charge in [0.05, 0.1) is 11.8 Å². The average molecular weight is 251 g/mol. The lowest BCUT2D eigenvalue weighted by molar-refractivity contribution is 0.0691. The van der Waals surface area contributed by atoms with Crippen molar-refractivity contribution in [1.29, 1.82) is 0 Å². The summed E-state index contributed by atoms with van der Waals surface area (Å²) >= 11 is 0. The maximum absolute atomic E-state index is 13.6. The molecule has 4 nitrogen and oxygen atoms in total. The third-order valence-corrected chi connectivity index (χ3v) is 3.31. The number of amides is 1. The Hall–Kier alpha value is -1.49. The molecule has 5 heteroatoms. The van der Waals surface area contributed by atoms with Gasteiger partial charge in [-0.2, -0.15) is 0 Å². The van der Waals surface area contributed by atoms with Gasteiger partial charge in [0.1, 0.15) is 0 Å². The van der Waals surface area contributed by atoms with Gasteiger partial charge in [-0.15, -0.1) is 0 Å². The number of carbonyl (C=O) groups excluding carboxylic acids is 1. The lowest BCUT2D eigenvalue weighted by Gasteiger charge is -2.28. The Morgan fingerprint density at radius 1 is 1.50 bits per heavy atom. The van der Waals surface area contributed by atoms with E-state index in [9.17, 15) is 9.18 Å². The van der Waals surface area contributed by atoms with Crippen LogP contribution < -0.4 is 0 Å². The average Bonchev–Trinajstić information content (AvgIpc) is 2.50. The summed E-state index contributed by atoms with van der Waals surface area (Å²) in [4.78, 5) is 19.9. The molecule has 0 N–H and O–H groups in total. The largest absolute Gasteiger partial charge is 0.335 e. The minimum Gasteiger partial charge on any atom is -0.335 e. The first-order valence-electron chi connectivity index (χ1n) is 6.18. The molecule has 0 saturated carbocycles. The summed E-state index contributed by atoms with van der Waals surface area (Å²) in [7, 11) is 2.04. The zero-order valence-electron chi connectivity index (χ0n) is 10.8. The van der Waals surface area contributed by atoms with Crippen molar-refractivity contribution >= 4 is 5.91 Å². The molecule has 1 unspecified atom stereocenters. The molecule has 0 aliphatic carbocycles. The van der Waals surface area contributed by atoms with Gasteiger partial charge in [-0.05, 0) is 33.0 Å². The van der Waals surface area contributed by atoms with Gasteiger partial charge >= 0.3 is 0 Å². The molecule has 2 rings (SSSR count). The maximum atomic E-state index is 13.6. The summed E-state index contributed by atoms with van der Waals surface area (Å²) < 4.78 is 13.6. The van der Waals surface area contributed by atoms with Crippen LogP contribution in [0.5, 0.6) is 0 Å². The number of hydrogen-bond acceptors (Lipinski definition) is 3. The number of hydrogen-bond donors (Lipinski definition) is 0. The monoisotopic (exact) mass is 251 g/mol. The smallest absolute Gasteiger partial charge is 0.257 e. The molecule has 1 atom stereocenters. The predicted molar refractivity (Wildman–Crippen MR) is 66.8 cm³/mol. The number of aromatic nitrogens is 1. The van der Waals surface area contributed by atoms with Crippen LogP contribution in [0.2, 0.25) is 0 Å². The standard InChI is InChI=1S/C13H18FN3O/c1-10-9-16(2)6-3-7-17(10)13(18)11-4-5-15-8-12(11)14/h4-5,8,10H,3,6-7,9H2,1-2H3. The van der Waals surface area contributed by atoms with Gasteiger partial charge in [0.2, 0.25) is 0 Å². The number of likely N-dealkylation sites (N-methyl/N-ethyl adjacent to an activating group) is 1. The van der Waals surface area contributed by atoms with Crippen molar-refractivity contribution in [3.8, 4) is 0 Å². The van der Waals surface area contributed by atoms with Crippen LogP contribution in [-0.2, 0) is 0 Å². The highest BCUT2D eigenvalue weighted by molar-refractivity contribution is 5.94. The zero-order chi connectivity index (χ0) is 13.1. The first kappa shape index (κ1) is 13.0. The molecule has 98 valence electrons. The summed E-state index contributed by atoms with van der Waals surface area (Å²) in [5.41, 5.74) is 0.112. The highest BCUT2D eigenvalue weighted by Crippen LogP contribution is 2.15. The fourth-order valence-corrected chi connectivity index (χ4v) is 2.38. The fraction of sp³-hybridized carbons (Fsp3) is 0.538. The highest BCUT2D eigenvalue weighted by Gasteiger charge is 2.26. The van der Waals surface area contributed by atoms with Crippen molar-refractivity contribution in [2.75, 3.05) is 26.7 Å². The van der Waals surface area contributed by atoms with Crippen LogP contribution >= 0.6 is 0 Å². The van der Waals surface area contributed by atoms with Crippen LogP contribution in [0.1, 0.15) is 23.7 Å². The van der Waals surface area contributed by atoms with Crippen molar-refractivity contribution in [2.45, 2.75) is 19.4 Å². The van der Waals surface area contributed by atoms with E-state index in [4.69, 9.17) is 0 Å². The molecule has 1 aromatic rings. The van der Waals surface area contributed by atoms with Gasteiger partial charge in [0, 0.05) is 25.3 Å². The molecule has 18 heavy (non-hydrogen) atoms. The molecule has 1 fully saturated rings. The lowest BCUT2D eigenvalue weighted by Crippen LogP contribution is -2.42. The quantitative estimate of drug-likeness (QED) is 0.756. The molecular weight excluding hydrogens is 233 g/mol. The number of rotatable bonds is 1. The van der Waals surface area contributed by atoms with Crippen molar-refractivity contribution in [1.82, 2.24) is 14.8 Å². The summed E-state index contributed by atoms with van der Waals surface area (Å²) in [6.07, 6.45) is 3.45. The van der Waals surface area contributed by atoms with Crippen LogP contribution in [0.3, 0.4) is 0 Å². The number of halogens is 1. The molecule has 0 aromatic carbocycles. The molecule has 1 aliphatic rings. The molecule has 0 radical (unpaired) electrons. The van der Waals surface area contributed by atoms with Crippen LogP contribution in [0.25, 0.3) is 0 Å². The van der Waals surface area contributed by atoms with Crippen LogP contribution in [0, 0.1) is 5.82 Å². The first-order chi connectivity index (χ1) is 8.59. The second-order valence-corrected chi connectivity index (χ2v) is 4.82. The van der Waals surface area contributed by atoms with E-state index >= 15 is 0 Å². The van der Waals surface area contributed by atoms with Gasteiger partial charge in [-0.25, -0.2) is 4.39 Å². The van der Waals surface area contributed by atoms with E-state index < -0.39 is 5.82 Å². The molecular formula is C13H18FN3O. The molecule has 2 heterocycles. The summed E-state index contributed by atoms with van der Waals surface area (Å²) in [6, 6.07) is 1.54. The van der Waals surface area contributed by atoms with Crippen LogP contribution in [-0.4, -0.2) is 53.4 Å². The molecule has 1 aromatic heterocycles. The minimum atomic E-state index is -0.549. The molecule has 0 bridgehead atoms. The van der Waals surface area contributed by atoms with Gasteiger partial charge in [-0.1, -0.05) is 0 Å². The molecule has 1 saturated heterocycles. The van der Waals surface area contributed by atoms with E-state index in [-0.39, 0.29) is 17.5 Å². The number of nitrogens with zero attached hydrogens (tertiary/aromatic N) is 3. The summed E-state index contributed by atoms with van der Waals surface area (Å²) in [5, 5.41) is 0. The van der Waals surface area contributed by atoms with Gasteiger partial charge < -0.3 is 9.80 Å². The van der Waals surface area contributed by atoms with Crippen molar-refractivity contribution < 1.29 is 9.18 Å². The highest BCUT2D eigenvalue weighted by atomic mass is 19.1. The fourth-order valence-electron chi connectivity index (χ4n) is 2.38. The van der Waals surface area contributed by atoms with Gasteiger partial charge in [0.15, 0.2) is 5.82 Å². The Morgan fingerprint density at radius 2 is 2.28 bits per heavy atom. The number of carbonyl (C=O) groups is 1. The van der Waals surface area contributed by atoms with Gasteiger partial charge in [0.25, 0.3) is 5.91 Å². The normalized spacial score (nSPS) is 21.7. The first-order valence-corrected chi connectivity index (χ1v) is 6.18. The van der Waals surface area contributed by atoms with Crippen LogP contribution in [0.15, 0.2) is 18.5 Å². The Morgan fingerprint density at radius 3 is 3.00 bits per heavy atom. The Balaban J connectivity index is 2.20. The number of pyridine rings is 1. The van der Waals surface area contributed by atoms with E-state index in [0.29, 0.717) is 6.54 Å². The van der Waals surface area contributed by atoms with Crippen molar-refractivity contribution in [3.05, 3.63) is 29.8 Å². The van der Waals surface area contributed by atoms with E-state index in [1.165, 1.54) is 12.3 Å². The Bertz CT molecular complexity index is 438. The lowest BCUT2D eigenvalue weighted by atomic mass is 10.2.